The zero-order valence-electron chi connectivity index (χ0n) is 22.4. The summed E-state index contributed by atoms with van der Waals surface area (Å²) in [7, 11) is 0. The minimum absolute atomic E-state index is 0.0322. The second-order valence-electron chi connectivity index (χ2n) is 10.3. The first-order valence-electron chi connectivity index (χ1n) is 13.5. The van der Waals surface area contributed by atoms with Gasteiger partial charge in [0.1, 0.15) is 0 Å². The number of carbonyl (C=O) groups excluding carboxylic acids is 1. The van der Waals surface area contributed by atoms with Crippen molar-refractivity contribution in [1.29, 1.82) is 0 Å². The van der Waals surface area contributed by atoms with Crippen LogP contribution in [0.25, 0.3) is 0 Å². The normalized spacial score (nSPS) is 16.1. The van der Waals surface area contributed by atoms with Crippen LogP contribution in [-0.2, 0) is 15.7 Å². The van der Waals surface area contributed by atoms with Gasteiger partial charge < -0.3 is 9.88 Å². The van der Waals surface area contributed by atoms with Crippen molar-refractivity contribution in [2.24, 2.45) is 0 Å². The smallest absolute Gasteiger partial charge is 0.241 e. The Kier molecular flexibility index (Phi) is 7.01. The van der Waals surface area contributed by atoms with Gasteiger partial charge in [0, 0.05) is 35.7 Å². The summed E-state index contributed by atoms with van der Waals surface area (Å²) in [6, 6.07) is 39.2. The molecule has 1 N–H and O–H groups in total. The van der Waals surface area contributed by atoms with E-state index in [-0.39, 0.29) is 12.5 Å². The molecule has 5 nitrogen and oxygen atoms in total. The first-order chi connectivity index (χ1) is 19.5. The number of anilines is 1. The number of hydrogen-bond donors (Lipinski definition) is 1. The van der Waals surface area contributed by atoms with E-state index in [1.165, 1.54) is 0 Å². The largest absolute Gasteiger partial charge is 0.348 e. The molecule has 5 aromatic rings. The molecule has 1 aliphatic rings. The summed E-state index contributed by atoms with van der Waals surface area (Å²) in [5.41, 5.74) is 3.69. The van der Waals surface area contributed by atoms with E-state index in [1.807, 2.05) is 53.6 Å². The van der Waals surface area contributed by atoms with Crippen molar-refractivity contribution in [2.45, 2.75) is 17.9 Å². The second kappa shape index (κ2) is 10.8. The van der Waals surface area contributed by atoms with E-state index in [0.717, 1.165) is 28.1 Å². The maximum Gasteiger partial charge on any atom is 0.241 e. The zero-order valence-corrected chi connectivity index (χ0v) is 23.1. The highest BCUT2D eigenvalue weighted by Gasteiger charge is 2.58. The topological polar surface area (TPSA) is 52.2 Å². The number of amides is 1. The molecule has 200 valence electrons. The van der Waals surface area contributed by atoms with Crippen molar-refractivity contribution < 1.29 is 4.79 Å². The number of aromatic amines is 1. The lowest BCUT2D eigenvalue weighted by Gasteiger charge is -2.57. The SMILES string of the molecule is CC(c1ccccc1)(c1cnc[nH]1)C(c1ccccc1)(c1ccccc1)N1CCN(c2cccc(Cl)c2)C(=O)C1. The predicted octanol–water partition coefficient (Wildman–Crippen LogP) is 6.66. The highest BCUT2D eigenvalue weighted by atomic mass is 35.5. The Hall–Kier alpha value is -4.19. The number of benzene rings is 4. The van der Waals surface area contributed by atoms with Crippen LogP contribution in [0.3, 0.4) is 0 Å². The molecule has 0 bridgehead atoms. The summed E-state index contributed by atoms with van der Waals surface area (Å²) >= 11 is 6.30. The molecule has 40 heavy (non-hydrogen) atoms. The number of hydrogen-bond acceptors (Lipinski definition) is 3. The Morgan fingerprint density at radius 1 is 0.775 bits per heavy atom. The highest BCUT2D eigenvalue weighted by Crippen LogP contribution is 2.54. The van der Waals surface area contributed by atoms with E-state index in [0.29, 0.717) is 18.1 Å². The zero-order chi connectivity index (χ0) is 27.6. The van der Waals surface area contributed by atoms with Crippen LogP contribution in [0.4, 0.5) is 5.69 Å². The molecule has 0 spiro atoms. The Balaban J connectivity index is 1.61. The molecule has 1 fully saturated rings. The maximum absolute atomic E-state index is 14.0. The summed E-state index contributed by atoms with van der Waals surface area (Å²) in [5.74, 6) is 0.0322. The van der Waals surface area contributed by atoms with Gasteiger partial charge in [0.15, 0.2) is 0 Å². The Bertz CT molecular complexity index is 1540. The lowest BCUT2D eigenvalue weighted by molar-refractivity contribution is -0.124. The number of H-pyrrole nitrogens is 1. The van der Waals surface area contributed by atoms with Gasteiger partial charge in [0.05, 0.1) is 23.8 Å². The summed E-state index contributed by atoms with van der Waals surface area (Å²) in [4.78, 5) is 26.1. The van der Waals surface area contributed by atoms with Crippen molar-refractivity contribution in [3.8, 4) is 0 Å². The molecule has 1 atom stereocenters. The van der Waals surface area contributed by atoms with Crippen LogP contribution in [0, 0.1) is 0 Å². The van der Waals surface area contributed by atoms with Crippen LogP contribution in [0.15, 0.2) is 128 Å². The van der Waals surface area contributed by atoms with Gasteiger partial charge in [0.25, 0.3) is 0 Å². The molecule has 1 amide bonds. The first-order valence-corrected chi connectivity index (χ1v) is 13.9. The number of piperazine rings is 1. The summed E-state index contributed by atoms with van der Waals surface area (Å²) in [5, 5.41) is 0.617. The van der Waals surface area contributed by atoms with Crippen molar-refractivity contribution in [2.75, 3.05) is 24.5 Å². The molecule has 6 heteroatoms. The van der Waals surface area contributed by atoms with Crippen LogP contribution in [0.2, 0.25) is 5.02 Å². The van der Waals surface area contributed by atoms with E-state index >= 15 is 0 Å². The van der Waals surface area contributed by atoms with E-state index in [1.54, 1.807) is 6.33 Å². The van der Waals surface area contributed by atoms with Gasteiger partial charge >= 0.3 is 0 Å². The van der Waals surface area contributed by atoms with Gasteiger partial charge in [0.2, 0.25) is 5.91 Å². The quantitative estimate of drug-likeness (QED) is 0.248. The van der Waals surface area contributed by atoms with Gasteiger partial charge in [-0.3, -0.25) is 9.69 Å². The van der Waals surface area contributed by atoms with Gasteiger partial charge in [-0.1, -0.05) is 109 Å². The van der Waals surface area contributed by atoms with Crippen LogP contribution in [-0.4, -0.2) is 40.4 Å². The third-order valence-corrected chi connectivity index (χ3v) is 8.54. The number of rotatable bonds is 7. The molecular formula is C34H31ClN4O. The molecular weight excluding hydrogens is 516 g/mol. The van der Waals surface area contributed by atoms with Gasteiger partial charge in [-0.2, -0.15) is 0 Å². The first kappa shape index (κ1) is 26.1. The van der Waals surface area contributed by atoms with Crippen molar-refractivity contribution in [3.05, 3.63) is 155 Å². The average Bonchev–Trinajstić information content (AvgIpc) is 3.55. The maximum atomic E-state index is 14.0. The monoisotopic (exact) mass is 546 g/mol. The van der Waals surface area contributed by atoms with Crippen LogP contribution < -0.4 is 4.90 Å². The molecule has 4 aromatic carbocycles. The van der Waals surface area contributed by atoms with Gasteiger partial charge in [-0.25, -0.2) is 4.98 Å². The third kappa shape index (κ3) is 4.23. The number of nitrogens with one attached hydrogen (secondary N) is 1. The molecule has 0 aliphatic carbocycles. The standard InChI is InChI=1S/C34H31ClN4O/c1-33(31-23-36-25-37-31,26-12-5-2-6-13-26)34(27-14-7-3-8-15-27,28-16-9-4-10-17-28)38-20-21-39(32(40)24-38)30-19-11-18-29(35)22-30/h2-19,22-23,25H,20-21,24H2,1H3,(H,36,37). The Morgan fingerprint density at radius 2 is 1.38 bits per heavy atom. The van der Waals surface area contributed by atoms with E-state index in [4.69, 9.17) is 11.6 Å². The van der Waals surface area contributed by atoms with Crippen LogP contribution in [0.1, 0.15) is 29.3 Å². The second-order valence-corrected chi connectivity index (χ2v) is 10.8. The van der Waals surface area contributed by atoms with E-state index in [2.05, 4.69) is 94.6 Å². The number of halogens is 1. The van der Waals surface area contributed by atoms with Crippen LogP contribution in [0.5, 0.6) is 0 Å². The fourth-order valence-electron chi connectivity index (χ4n) is 6.52. The third-order valence-electron chi connectivity index (χ3n) is 8.31. The van der Waals surface area contributed by atoms with E-state index in [9.17, 15) is 4.79 Å². The average molecular weight is 547 g/mol. The number of carbonyl (C=O) groups is 1. The Morgan fingerprint density at radius 3 is 1.90 bits per heavy atom. The highest BCUT2D eigenvalue weighted by molar-refractivity contribution is 6.30. The molecule has 0 saturated carbocycles. The number of nitrogens with zero attached hydrogens (tertiary/aromatic N) is 3. The lowest BCUT2D eigenvalue weighted by atomic mass is 9.57. The molecule has 2 heterocycles. The van der Waals surface area contributed by atoms with Gasteiger partial charge in [-0.05, 0) is 41.8 Å². The minimum Gasteiger partial charge on any atom is -0.348 e. The van der Waals surface area contributed by atoms with Gasteiger partial charge in [-0.15, -0.1) is 0 Å². The fraction of sp³-hybridized carbons (Fsp3) is 0.176. The van der Waals surface area contributed by atoms with Crippen molar-refractivity contribution in [3.63, 3.8) is 0 Å². The fourth-order valence-corrected chi connectivity index (χ4v) is 6.71. The molecule has 0 radical (unpaired) electrons. The molecule has 1 aromatic heterocycles. The number of imidazole rings is 1. The molecule has 1 saturated heterocycles. The molecule has 1 aliphatic heterocycles. The Labute approximate surface area is 240 Å². The lowest BCUT2D eigenvalue weighted by Crippen LogP contribution is -2.65. The summed E-state index contributed by atoms with van der Waals surface area (Å²) in [6.45, 7) is 3.68. The van der Waals surface area contributed by atoms with Crippen LogP contribution >= 0.6 is 11.6 Å². The van der Waals surface area contributed by atoms with E-state index < -0.39 is 11.0 Å². The van der Waals surface area contributed by atoms with Crippen molar-refractivity contribution >= 4 is 23.2 Å². The summed E-state index contributed by atoms with van der Waals surface area (Å²) < 4.78 is 0. The molecule has 6 rings (SSSR count). The minimum atomic E-state index is -0.764. The predicted molar refractivity (Wildman–Crippen MR) is 161 cm³/mol. The summed E-state index contributed by atoms with van der Waals surface area (Å²) in [6.07, 6.45) is 3.65. The number of aromatic nitrogens is 2. The van der Waals surface area contributed by atoms with Crippen molar-refractivity contribution in [1.82, 2.24) is 14.9 Å². The molecule has 1 unspecified atom stereocenters.